The zero-order chi connectivity index (χ0) is 16.4. The normalized spacial score (nSPS) is 10.2. The third-order valence-corrected chi connectivity index (χ3v) is 3.16. The molecule has 2 aromatic rings. The van der Waals surface area contributed by atoms with Crippen molar-refractivity contribution in [3.63, 3.8) is 0 Å². The Morgan fingerprint density at radius 2 is 1.50 bits per heavy atom. The summed E-state index contributed by atoms with van der Waals surface area (Å²) in [6.45, 7) is 1.73. The summed E-state index contributed by atoms with van der Waals surface area (Å²) in [6, 6.07) is 7.67. The lowest BCUT2D eigenvalue weighted by molar-refractivity contribution is -0.422. The Hall–Kier alpha value is -3.29. The summed E-state index contributed by atoms with van der Waals surface area (Å²) in [5, 5.41) is 21.7. The van der Waals surface area contributed by atoms with Gasteiger partial charge in [0.1, 0.15) is 0 Å². The van der Waals surface area contributed by atoms with E-state index in [9.17, 15) is 25.0 Å². The predicted octanol–water partition coefficient (Wildman–Crippen LogP) is 2.62. The van der Waals surface area contributed by atoms with Crippen LogP contribution in [-0.4, -0.2) is 15.6 Å². The molecule has 0 radical (unpaired) electrons. The van der Waals surface area contributed by atoms with Crippen molar-refractivity contribution in [2.75, 3.05) is 5.73 Å². The maximum absolute atomic E-state index is 12.3. The van der Waals surface area contributed by atoms with E-state index in [1.165, 1.54) is 12.1 Å². The van der Waals surface area contributed by atoms with E-state index >= 15 is 0 Å². The highest BCUT2D eigenvalue weighted by Crippen LogP contribution is 2.28. The smallest absolute Gasteiger partial charge is 0.346 e. The quantitative estimate of drug-likeness (QED) is 0.400. The minimum atomic E-state index is -0.886. The van der Waals surface area contributed by atoms with Gasteiger partial charge in [-0.3, -0.25) is 25.0 Å². The van der Waals surface area contributed by atoms with Crippen molar-refractivity contribution in [1.82, 2.24) is 0 Å². The number of nitro benzene ring substituents is 2. The number of rotatable bonds is 4. The number of anilines is 1. The van der Waals surface area contributed by atoms with Crippen LogP contribution >= 0.6 is 0 Å². The van der Waals surface area contributed by atoms with E-state index in [1.54, 1.807) is 19.1 Å². The zero-order valence-electron chi connectivity index (χ0n) is 11.5. The SMILES string of the molecule is Cc1cc(C(=O)c2ccc([N+](=O)[O-])c([N+](=O)[O-])c2)ccc1N. The van der Waals surface area contributed by atoms with E-state index in [-0.39, 0.29) is 5.56 Å². The lowest BCUT2D eigenvalue weighted by Gasteiger charge is -2.05. The standard InChI is InChI=1S/C14H11N3O5/c1-8-6-9(2-4-11(8)15)14(18)10-3-5-12(16(19)20)13(7-10)17(21)22/h2-7H,15H2,1H3. The molecule has 2 N–H and O–H groups in total. The molecule has 8 heteroatoms. The Balaban J connectivity index is 2.50. The molecule has 0 aliphatic rings. The summed E-state index contributed by atoms with van der Waals surface area (Å²) >= 11 is 0. The summed E-state index contributed by atoms with van der Waals surface area (Å²) in [6.07, 6.45) is 0. The van der Waals surface area contributed by atoms with Gasteiger partial charge in [-0.15, -0.1) is 0 Å². The molecule has 2 aromatic carbocycles. The van der Waals surface area contributed by atoms with Gasteiger partial charge in [-0.2, -0.15) is 0 Å². The first-order chi connectivity index (χ1) is 10.3. The van der Waals surface area contributed by atoms with E-state index in [4.69, 9.17) is 5.73 Å². The molecule has 0 bridgehead atoms. The van der Waals surface area contributed by atoms with Crippen LogP contribution in [0.1, 0.15) is 21.5 Å². The molecule has 0 heterocycles. The lowest BCUT2D eigenvalue weighted by atomic mass is 10.00. The number of ketones is 1. The van der Waals surface area contributed by atoms with E-state index in [1.807, 2.05) is 0 Å². The first-order valence-electron chi connectivity index (χ1n) is 6.15. The Morgan fingerprint density at radius 1 is 0.955 bits per heavy atom. The van der Waals surface area contributed by atoms with Crippen molar-refractivity contribution >= 4 is 22.8 Å². The van der Waals surface area contributed by atoms with Gasteiger partial charge in [0.05, 0.1) is 9.85 Å². The van der Waals surface area contributed by atoms with Crippen LogP contribution in [0.15, 0.2) is 36.4 Å². The number of nitrogens with two attached hydrogens (primary N) is 1. The number of nitrogen functional groups attached to an aromatic ring is 1. The Labute approximate surface area is 124 Å². The highest BCUT2D eigenvalue weighted by atomic mass is 16.6. The number of hydrogen-bond donors (Lipinski definition) is 1. The predicted molar refractivity (Wildman–Crippen MR) is 78.8 cm³/mol. The molecule has 0 amide bonds. The molecule has 0 aliphatic heterocycles. The van der Waals surface area contributed by atoms with Crippen LogP contribution in [-0.2, 0) is 0 Å². The largest absolute Gasteiger partial charge is 0.399 e. The van der Waals surface area contributed by atoms with Crippen LogP contribution in [0.3, 0.4) is 0 Å². The molecule has 112 valence electrons. The number of benzene rings is 2. The topological polar surface area (TPSA) is 129 Å². The fourth-order valence-corrected chi connectivity index (χ4v) is 1.95. The fraction of sp³-hybridized carbons (Fsp3) is 0.0714. The summed E-state index contributed by atoms with van der Waals surface area (Å²) in [5.41, 5.74) is 5.81. The molecule has 22 heavy (non-hydrogen) atoms. The molecule has 0 aliphatic carbocycles. The highest BCUT2D eigenvalue weighted by molar-refractivity contribution is 6.09. The van der Waals surface area contributed by atoms with Gasteiger partial charge in [0, 0.05) is 28.9 Å². The highest BCUT2D eigenvalue weighted by Gasteiger charge is 2.26. The molecule has 0 atom stereocenters. The van der Waals surface area contributed by atoms with Crippen LogP contribution < -0.4 is 5.73 Å². The number of nitro groups is 2. The van der Waals surface area contributed by atoms with Gasteiger partial charge in [-0.25, -0.2) is 0 Å². The van der Waals surface area contributed by atoms with Crippen molar-refractivity contribution in [1.29, 1.82) is 0 Å². The van der Waals surface area contributed by atoms with E-state index in [0.717, 1.165) is 12.1 Å². The van der Waals surface area contributed by atoms with Crippen molar-refractivity contribution in [2.45, 2.75) is 6.92 Å². The van der Waals surface area contributed by atoms with Gasteiger partial charge in [0.25, 0.3) is 0 Å². The van der Waals surface area contributed by atoms with Gasteiger partial charge >= 0.3 is 11.4 Å². The van der Waals surface area contributed by atoms with Gasteiger partial charge < -0.3 is 5.73 Å². The minimum absolute atomic E-state index is 0.00136. The van der Waals surface area contributed by atoms with Crippen molar-refractivity contribution in [2.24, 2.45) is 0 Å². The number of aryl methyl sites for hydroxylation is 1. The first-order valence-corrected chi connectivity index (χ1v) is 6.15. The molecule has 0 aromatic heterocycles. The maximum atomic E-state index is 12.3. The van der Waals surface area contributed by atoms with Crippen LogP contribution in [0, 0.1) is 27.2 Å². The fourth-order valence-electron chi connectivity index (χ4n) is 1.95. The van der Waals surface area contributed by atoms with Crippen molar-refractivity contribution in [3.05, 3.63) is 73.3 Å². The van der Waals surface area contributed by atoms with Gasteiger partial charge in [0.2, 0.25) is 0 Å². The Morgan fingerprint density at radius 3 is 2.05 bits per heavy atom. The Kier molecular flexibility index (Phi) is 3.85. The summed E-state index contributed by atoms with van der Waals surface area (Å²) in [5.74, 6) is -0.471. The maximum Gasteiger partial charge on any atom is 0.346 e. The second-order valence-electron chi connectivity index (χ2n) is 4.62. The first kappa shape index (κ1) is 15.1. The molecule has 0 spiro atoms. The molecular weight excluding hydrogens is 290 g/mol. The molecule has 0 fully saturated rings. The number of carbonyl (C=O) groups excluding carboxylic acids is 1. The van der Waals surface area contributed by atoms with Crippen molar-refractivity contribution in [3.8, 4) is 0 Å². The minimum Gasteiger partial charge on any atom is -0.399 e. The number of carbonyl (C=O) groups is 1. The van der Waals surface area contributed by atoms with E-state index < -0.39 is 27.0 Å². The molecule has 0 unspecified atom stereocenters. The molecule has 2 rings (SSSR count). The van der Waals surface area contributed by atoms with Gasteiger partial charge in [0.15, 0.2) is 5.78 Å². The average Bonchev–Trinajstić information content (AvgIpc) is 2.48. The summed E-state index contributed by atoms with van der Waals surface area (Å²) in [7, 11) is 0. The molecule has 0 saturated carbocycles. The van der Waals surface area contributed by atoms with Crippen LogP contribution in [0.25, 0.3) is 0 Å². The summed E-state index contributed by atoms with van der Waals surface area (Å²) < 4.78 is 0. The third-order valence-electron chi connectivity index (χ3n) is 3.16. The number of nitrogens with zero attached hydrogens (tertiary/aromatic N) is 2. The molecule has 8 nitrogen and oxygen atoms in total. The lowest BCUT2D eigenvalue weighted by Crippen LogP contribution is -2.05. The second kappa shape index (κ2) is 5.60. The van der Waals surface area contributed by atoms with E-state index in [0.29, 0.717) is 16.8 Å². The van der Waals surface area contributed by atoms with Crippen molar-refractivity contribution < 1.29 is 14.6 Å². The molecular formula is C14H11N3O5. The number of hydrogen-bond acceptors (Lipinski definition) is 6. The van der Waals surface area contributed by atoms with Gasteiger partial charge in [-0.05, 0) is 36.8 Å². The second-order valence-corrected chi connectivity index (χ2v) is 4.62. The monoisotopic (exact) mass is 301 g/mol. The molecule has 0 saturated heterocycles. The van der Waals surface area contributed by atoms with Crippen LogP contribution in [0.5, 0.6) is 0 Å². The summed E-state index contributed by atoms with van der Waals surface area (Å²) in [4.78, 5) is 32.3. The zero-order valence-corrected chi connectivity index (χ0v) is 11.5. The van der Waals surface area contributed by atoms with E-state index in [2.05, 4.69) is 0 Å². The third kappa shape index (κ3) is 2.75. The van der Waals surface area contributed by atoms with Gasteiger partial charge in [-0.1, -0.05) is 0 Å². The van der Waals surface area contributed by atoms with Crippen LogP contribution in [0.2, 0.25) is 0 Å². The average molecular weight is 301 g/mol. The Bertz CT molecular complexity index is 801. The van der Waals surface area contributed by atoms with Crippen LogP contribution in [0.4, 0.5) is 17.1 Å².